The van der Waals surface area contributed by atoms with Gasteiger partial charge in [0.15, 0.2) is 17.5 Å². The number of rotatable bonds is 4. The minimum atomic E-state index is -0.954. The minimum absolute atomic E-state index is 0.277. The molecular weight excluding hydrogens is 372 g/mol. The zero-order valence-corrected chi connectivity index (χ0v) is 14.9. The van der Waals surface area contributed by atoms with Gasteiger partial charge in [-0.25, -0.2) is 0 Å². The highest BCUT2D eigenvalue weighted by atomic mass is 79.9. The van der Waals surface area contributed by atoms with E-state index < -0.39 is 5.92 Å². The molecule has 24 heavy (non-hydrogen) atoms. The van der Waals surface area contributed by atoms with Gasteiger partial charge < -0.3 is 9.30 Å². The lowest BCUT2D eigenvalue weighted by atomic mass is 9.98. The standard InChI is InChI=1S/C17H17BrN4O2/c1-24-14-7-6-11(9-13(14)18)16(23)12(10-19)17-21-20-15-5-3-2-4-8-22(15)17/h6-7,9,12H,2-5,8H2,1H3. The van der Waals surface area contributed by atoms with Crippen LogP contribution in [0.1, 0.15) is 47.2 Å². The molecule has 1 aliphatic rings. The zero-order chi connectivity index (χ0) is 17.1. The van der Waals surface area contributed by atoms with Gasteiger partial charge in [-0.1, -0.05) is 6.42 Å². The highest BCUT2D eigenvalue weighted by Crippen LogP contribution is 2.29. The smallest absolute Gasteiger partial charge is 0.187 e. The Bertz CT molecular complexity index is 809. The number of hydrogen-bond acceptors (Lipinski definition) is 5. The van der Waals surface area contributed by atoms with Gasteiger partial charge in [-0.15, -0.1) is 10.2 Å². The van der Waals surface area contributed by atoms with Crippen molar-refractivity contribution in [2.45, 2.75) is 38.1 Å². The van der Waals surface area contributed by atoms with E-state index in [2.05, 4.69) is 32.2 Å². The van der Waals surface area contributed by atoms with Crippen LogP contribution >= 0.6 is 15.9 Å². The monoisotopic (exact) mass is 388 g/mol. The molecule has 0 saturated carbocycles. The van der Waals surface area contributed by atoms with Crippen LogP contribution in [0, 0.1) is 11.3 Å². The van der Waals surface area contributed by atoms with Crippen molar-refractivity contribution >= 4 is 21.7 Å². The molecule has 1 aliphatic heterocycles. The zero-order valence-electron chi connectivity index (χ0n) is 13.3. The summed E-state index contributed by atoms with van der Waals surface area (Å²) < 4.78 is 7.79. The van der Waals surface area contributed by atoms with E-state index in [4.69, 9.17) is 4.74 Å². The molecule has 124 valence electrons. The normalized spacial score (nSPS) is 15.0. The van der Waals surface area contributed by atoms with Crippen molar-refractivity contribution in [3.63, 3.8) is 0 Å². The van der Waals surface area contributed by atoms with Gasteiger partial charge in [-0.3, -0.25) is 4.79 Å². The van der Waals surface area contributed by atoms with Crippen LogP contribution in [0.15, 0.2) is 22.7 Å². The van der Waals surface area contributed by atoms with Crippen molar-refractivity contribution in [2.75, 3.05) is 7.11 Å². The van der Waals surface area contributed by atoms with Crippen LogP contribution in [0.5, 0.6) is 5.75 Å². The van der Waals surface area contributed by atoms with Crippen LogP contribution in [-0.2, 0) is 13.0 Å². The molecule has 1 atom stereocenters. The molecule has 1 aromatic heterocycles. The molecular formula is C17H17BrN4O2. The number of aromatic nitrogens is 3. The Morgan fingerprint density at radius 2 is 2.21 bits per heavy atom. The van der Waals surface area contributed by atoms with Crippen molar-refractivity contribution in [3.05, 3.63) is 39.9 Å². The first-order chi connectivity index (χ1) is 11.7. The van der Waals surface area contributed by atoms with Crippen molar-refractivity contribution < 1.29 is 9.53 Å². The number of nitriles is 1. The lowest BCUT2D eigenvalue weighted by Gasteiger charge is -2.12. The van der Waals surface area contributed by atoms with Gasteiger partial charge >= 0.3 is 0 Å². The van der Waals surface area contributed by atoms with Crippen LogP contribution in [-0.4, -0.2) is 27.7 Å². The summed E-state index contributed by atoms with van der Waals surface area (Å²) in [5, 5.41) is 17.9. The van der Waals surface area contributed by atoms with Crippen molar-refractivity contribution in [2.24, 2.45) is 0 Å². The summed E-state index contributed by atoms with van der Waals surface area (Å²) in [5.41, 5.74) is 0.445. The highest BCUT2D eigenvalue weighted by molar-refractivity contribution is 9.10. The van der Waals surface area contributed by atoms with Crippen LogP contribution in [0.4, 0.5) is 0 Å². The Morgan fingerprint density at radius 3 is 2.92 bits per heavy atom. The summed E-state index contributed by atoms with van der Waals surface area (Å²) in [6.45, 7) is 0.759. The van der Waals surface area contributed by atoms with Gasteiger partial charge in [0.2, 0.25) is 0 Å². The molecule has 0 amide bonds. The summed E-state index contributed by atoms with van der Waals surface area (Å²) in [4.78, 5) is 12.8. The molecule has 0 bridgehead atoms. The largest absolute Gasteiger partial charge is 0.496 e. The van der Waals surface area contributed by atoms with E-state index in [1.807, 2.05) is 4.57 Å². The number of aryl methyl sites for hydroxylation is 1. The second-order valence-corrected chi connectivity index (χ2v) is 6.57. The van der Waals surface area contributed by atoms with Crippen molar-refractivity contribution in [1.82, 2.24) is 14.8 Å². The van der Waals surface area contributed by atoms with Gasteiger partial charge in [0.1, 0.15) is 11.6 Å². The number of ketones is 1. The summed E-state index contributed by atoms with van der Waals surface area (Å²) in [5.74, 6) is 0.721. The van der Waals surface area contributed by atoms with Gasteiger partial charge in [-0.2, -0.15) is 5.26 Å². The number of ether oxygens (including phenoxy) is 1. The van der Waals surface area contributed by atoms with Crippen LogP contribution in [0.25, 0.3) is 0 Å². The molecule has 6 nitrogen and oxygen atoms in total. The molecule has 0 saturated heterocycles. The van der Waals surface area contributed by atoms with E-state index in [1.54, 1.807) is 25.3 Å². The molecule has 3 rings (SSSR count). The summed E-state index contributed by atoms with van der Waals surface area (Å²) in [6.07, 6.45) is 4.04. The lowest BCUT2D eigenvalue weighted by Crippen LogP contribution is -2.17. The van der Waals surface area contributed by atoms with Crippen LogP contribution in [0.2, 0.25) is 0 Å². The molecule has 1 unspecified atom stereocenters. The number of halogens is 1. The fraction of sp³-hybridized carbons (Fsp3) is 0.412. The molecule has 0 fully saturated rings. The maximum atomic E-state index is 12.8. The Labute approximate surface area is 148 Å². The van der Waals surface area contributed by atoms with Gasteiger partial charge in [0.05, 0.1) is 17.7 Å². The molecule has 1 aromatic carbocycles. The van der Waals surface area contributed by atoms with Crippen molar-refractivity contribution in [3.8, 4) is 11.8 Å². The SMILES string of the molecule is COc1ccc(C(=O)C(C#N)c2nnc3n2CCCCC3)cc1Br. The second kappa shape index (κ2) is 7.14. The number of methoxy groups -OCH3 is 1. The maximum Gasteiger partial charge on any atom is 0.187 e. The number of carbonyl (C=O) groups is 1. The van der Waals surface area contributed by atoms with Gasteiger partial charge in [0, 0.05) is 18.5 Å². The van der Waals surface area contributed by atoms with E-state index in [1.165, 1.54) is 0 Å². The third kappa shape index (κ3) is 3.06. The summed E-state index contributed by atoms with van der Waals surface area (Å²) in [7, 11) is 1.56. The molecule has 0 aliphatic carbocycles. The molecule has 0 radical (unpaired) electrons. The average molecular weight is 389 g/mol. The summed E-state index contributed by atoms with van der Waals surface area (Å²) >= 11 is 3.37. The van der Waals surface area contributed by atoms with E-state index in [0.29, 0.717) is 21.6 Å². The first-order valence-electron chi connectivity index (χ1n) is 7.85. The number of Topliss-reactive ketones (excluding diaryl/α,β-unsaturated/α-hetero) is 1. The summed E-state index contributed by atoms with van der Waals surface area (Å²) in [6, 6.07) is 7.14. The minimum Gasteiger partial charge on any atom is -0.496 e. The Hall–Kier alpha value is -2.20. The highest BCUT2D eigenvalue weighted by Gasteiger charge is 2.29. The maximum absolute atomic E-state index is 12.8. The quantitative estimate of drug-likeness (QED) is 0.750. The van der Waals surface area contributed by atoms with Gasteiger partial charge in [-0.05, 0) is 47.0 Å². The third-order valence-corrected chi connectivity index (χ3v) is 4.84. The molecule has 7 heteroatoms. The molecule has 2 heterocycles. The molecule has 2 aromatic rings. The van der Waals surface area contributed by atoms with Gasteiger partial charge in [0.25, 0.3) is 0 Å². The fourth-order valence-electron chi connectivity index (χ4n) is 2.94. The Kier molecular flexibility index (Phi) is 4.95. The molecule has 0 N–H and O–H groups in total. The third-order valence-electron chi connectivity index (χ3n) is 4.22. The fourth-order valence-corrected chi connectivity index (χ4v) is 3.48. The number of nitrogens with zero attached hydrogens (tertiary/aromatic N) is 4. The lowest BCUT2D eigenvalue weighted by molar-refractivity contribution is 0.0974. The van der Waals surface area contributed by atoms with E-state index in [-0.39, 0.29) is 5.78 Å². The Morgan fingerprint density at radius 1 is 1.38 bits per heavy atom. The number of benzene rings is 1. The van der Waals surface area contributed by atoms with Crippen LogP contribution < -0.4 is 4.74 Å². The first kappa shape index (κ1) is 16.7. The Balaban J connectivity index is 1.95. The first-order valence-corrected chi connectivity index (χ1v) is 8.64. The predicted octanol–water partition coefficient (Wildman–Crippen LogP) is 3.27. The number of carbonyl (C=O) groups excluding carboxylic acids is 1. The van der Waals surface area contributed by atoms with E-state index in [0.717, 1.165) is 38.1 Å². The topological polar surface area (TPSA) is 80.8 Å². The van der Waals surface area contributed by atoms with E-state index in [9.17, 15) is 10.1 Å². The van der Waals surface area contributed by atoms with E-state index >= 15 is 0 Å². The average Bonchev–Trinajstić information content (AvgIpc) is 2.83. The van der Waals surface area contributed by atoms with Crippen molar-refractivity contribution in [1.29, 1.82) is 5.26 Å². The second-order valence-electron chi connectivity index (χ2n) is 5.71. The van der Waals surface area contributed by atoms with Crippen LogP contribution in [0.3, 0.4) is 0 Å². The molecule has 0 spiro atoms. The predicted molar refractivity (Wildman–Crippen MR) is 91.0 cm³/mol. The number of hydrogen-bond donors (Lipinski definition) is 0. The number of fused-ring (bicyclic) bond motifs is 1.